The Morgan fingerprint density at radius 2 is 1.27 bits per heavy atom. The maximum atomic E-state index is 12.8. The minimum absolute atomic E-state index is 0.0207. The van der Waals surface area contributed by atoms with Crippen LogP contribution in [0.5, 0.6) is 0 Å². The van der Waals surface area contributed by atoms with Gasteiger partial charge in [0.25, 0.3) is 7.82 Å². The summed E-state index contributed by atoms with van der Waals surface area (Å²) < 4.78 is 23.1. The van der Waals surface area contributed by atoms with Gasteiger partial charge in [-0.05, 0) is 57.8 Å². The molecule has 0 rings (SSSR count). The van der Waals surface area contributed by atoms with Crippen LogP contribution in [0.1, 0.15) is 142 Å². The zero-order valence-corrected chi connectivity index (χ0v) is 34.5. The molecule has 0 heterocycles. The molecule has 3 N–H and O–H groups in total. The maximum absolute atomic E-state index is 12.8. The van der Waals surface area contributed by atoms with E-state index in [1.165, 1.54) is 51.4 Å². The van der Waals surface area contributed by atoms with E-state index >= 15 is 0 Å². The fraction of sp³-hybridized carbons (Fsp3) is 0.738. The highest BCUT2D eigenvalue weighted by atomic mass is 31.2. The van der Waals surface area contributed by atoms with E-state index < -0.39 is 26.6 Å². The summed E-state index contributed by atoms with van der Waals surface area (Å²) in [7, 11) is 1.19. The van der Waals surface area contributed by atoms with Crippen molar-refractivity contribution in [3.8, 4) is 0 Å². The van der Waals surface area contributed by atoms with E-state index in [0.717, 1.165) is 57.8 Å². The number of carbonyl (C=O) groups is 1. The van der Waals surface area contributed by atoms with E-state index in [9.17, 15) is 24.5 Å². The Morgan fingerprint density at radius 1 is 0.731 bits per heavy atom. The minimum atomic E-state index is -4.61. The summed E-state index contributed by atoms with van der Waals surface area (Å²) in [4.78, 5) is 25.2. The molecule has 0 fully saturated rings. The Labute approximate surface area is 318 Å². The fourth-order valence-electron chi connectivity index (χ4n) is 5.28. The molecule has 10 heteroatoms. The second-order valence-corrected chi connectivity index (χ2v) is 16.2. The quantitative estimate of drug-likeness (QED) is 0.0255. The normalized spacial score (nSPS) is 15.8. The van der Waals surface area contributed by atoms with Crippen molar-refractivity contribution in [3.05, 3.63) is 60.8 Å². The number of allylic oxidation sites excluding steroid dienone is 8. The fourth-order valence-corrected chi connectivity index (χ4v) is 6.00. The van der Waals surface area contributed by atoms with Gasteiger partial charge in [-0.3, -0.25) is 9.36 Å². The predicted octanol–water partition coefficient (Wildman–Crippen LogP) is 9.02. The van der Waals surface area contributed by atoms with Crippen LogP contribution in [0.15, 0.2) is 60.8 Å². The lowest BCUT2D eigenvalue weighted by Crippen LogP contribution is -2.45. The zero-order chi connectivity index (χ0) is 38.8. The van der Waals surface area contributed by atoms with Gasteiger partial charge >= 0.3 is 0 Å². The average molecular weight is 753 g/mol. The van der Waals surface area contributed by atoms with Crippen LogP contribution >= 0.6 is 7.82 Å². The molecule has 302 valence electrons. The Balaban J connectivity index is 4.63. The van der Waals surface area contributed by atoms with Crippen molar-refractivity contribution in [2.45, 2.75) is 161 Å². The molecular formula is C42H77N2O7P. The number of likely N-dealkylation sites (N-methyl/N-ethyl adjacent to an activating group) is 1. The molecule has 4 atom stereocenters. The molecule has 0 spiro atoms. The number of aliphatic hydroxyl groups excluding tert-OH is 2. The monoisotopic (exact) mass is 753 g/mol. The molecule has 0 aliphatic rings. The average Bonchev–Trinajstić information content (AvgIpc) is 3.08. The van der Waals surface area contributed by atoms with Crippen LogP contribution < -0.4 is 10.2 Å². The maximum Gasteiger partial charge on any atom is 0.268 e. The first-order valence-electron chi connectivity index (χ1n) is 20.2. The summed E-state index contributed by atoms with van der Waals surface area (Å²) in [6.07, 6.45) is 39.0. The molecule has 9 nitrogen and oxygen atoms in total. The number of amides is 1. The number of unbranched alkanes of at least 4 members (excludes halogenated alkanes) is 11. The molecule has 0 bridgehead atoms. The van der Waals surface area contributed by atoms with Crippen LogP contribution in [0.25, 0.3) is 0 Å². The molecule has 0 aromatic heterocycles. The van der Waals surface area contributed by atoms with Crippen molar-refractivity contribution in [1.29, 1.82) is 0 Å². The zero-order valence-electron chi connectivity index (χ0n) is 33.6. The summed E-state index contributed by atoms with van der Waals surface area (Å²) in [5, 5.41) is 23.4. The SMILES string of the molecule is CCCCCCCCCCCC/C=C/[C@@H](O)[C@H](COP(=O)([O-])OCC[N+](C)(C)C)NC(=O)CCC/C=C\C/C=C\C/C=C\C/C=C\CC(O)CCC. The molecule has 0 saturated heterocycles. The van der Waals surface area contributed by atoms with Gasteiger partial charge in [-0.2, -0.15) is 0 Å². The highest BCUT2D eigenvalue weighted by molar-refractivity contribution is 7.45. The van der Waals surface area contributed by atoms with Gasteiger partial charge in [0.1, 0.15) is 13.2 Å². The van der Waals surface area contributed by atoms with Gasteiger partial charge in [0.15, 0.2) is 0 Å². The van der Waals surface area contributed by atoms with Crippen molar-refractivity contribution in [2.75, 3.05) is 40.9 Å². The van der Waals surface area contributed by atoms with Crippen LogP contribution in [0.2, 0.25) is 0 Å². The number of quaternary nitrogens is 1. The molecule has 0 aromatic carbocycles. The van der Waals surface area contributed by atoms with E-state index in [1.54, 1.807) is 6.08 Å². The summed E-state index contributed by atoms with van der Waals surface area (Å²) in [5.41, 5.74) is 0. The molecule has 0 radical (unpaired) electrons. The largest absolute Gasteiger partial charge is 0.756 e. The van der Waals surface area contributed by atoms with Crippen molar-refractivity contribution in [2.24, 2.45) is 0 Å². The predicted molar refractivity (Wildman–Crippen MR) is 216 cm³/mol. The van der Waals surface area contributed by atoms with Crippen molar-refractivity contribution in [3.63, 3.8) is 0 Å². The molecule has 1 amide bonds. The van der Waals surface area contributed by atoms with Crippen LogP contribution in [-0.2, 0) is 18.4 Å². The number of rotatable bonds is 35. The van der Waals surface area contributed by atoms with Crippen LogP contribution in [0, 0.1) is 0 Å². The minimum Gasteiger partial charge on any atom is -0.756 e. The Hall–Kier alpha value is -1.84. The summed E-state index contributed by atoms with van der Waals surface area (Å²) >= 11 is 0. The number of nitrogens with zero attached hydrogens (tertiary/aromatic N) is 1. The number of aliphatic hydroxyl groups is 2. The third-order valence-corrected chi connectivity index (χ3v) is 9.49. The van der Waals surface area contributed by atoms with Gasteiger partial charge in [0.2, 0.25) is 5.91 Å². The van der Waals surface area contributed by atoms with Crippen molar-refractivity contribution in [1.82, 2.24) is 5.32 Å². The molecule has 2 unspecified atom stereocenters. The first-order chi connectivity index (χ1) is 24.9. The number of phosphoric ester groups is 1. The van der Waals surface area contributed by atoms with Gasteiger partial charge in [-0.15, -0.1) is 0 Å². The van der Waals surface area contributed by atoms with Crippen LogP contribution in [0.4, 0.5) is 0 Å². The number of hydrogen-bond acceptors (Lipinski definition) is 7. The van der Waals surface area contributed by atoms with Crippen LogP contribution in [0.3, 0.4) is 0 Å². The van der Waals surface area contributed by atoms with E-state index in [1.807, 2.05) is 33.3 Å². The van der Waals surface area contributed by atoms with Crippen molar-refractivity contribution >= 4 is 13.7 Å². The highest BCUT2D eigenvalue weighted by Crippen LogP contribution is 2.38. The topological polar surface area (TPSA) is 128 Å². The second kappa shape index (κ2) is 33.7. The second-order valence-electron chi connectivity index (χ2n) is 14.8. The summed E-state index contributed by atoms with van der Waals surface area (Å²) in [5.74, 6) is -0.269. The standard InChI is InChI=1S/C42H77N2O7P/c1-6-8-9-10-11-12-13-18-21-24-27-30-34-41(46)40(38-51-52(48,49)50-37-36-44(3,4)5)43-42(47)35-31-28-25-22-19-16-14-15-17-20-23-26-29-33-39(45)32-7-2/h14,16-17,20,22,25-26,29-30,34,39-41,45-46H,6-13,15,18-19,21,23-24,27-28,31-33,35-38H2,1-5H3,(H-,43,47,48,49)/b16-14-,20-17-,25-22-,29-26-,34-30+/t39?,40-,41+/m0/s1. The molecule has 0 aliphatic heterocycles. The van der Waals surface area contributed by atoms with E-state index in [2.05, 4.69) is 61.7 Å². The lowest BCUT2D eigenvalue weighted by Gasteiger charge is -2.29. The first kappa shape index (κ1) is 50.2. The van der Waals surface area contributed by atoms with Gasteiger partial charge in [0.05, 0.1) is 46.0 Å². The van der Waals surface area contributed by atoms with Gasteiger partial charge in [0, 0.05) is 6.42 Å². The molecule has 0 saturated carbocycles. The summed E-state index contributed by atoms with van der Waals surface area (Å²) in [6, 6.07) is -0.926. The molecular weight excluding hydrogens is 675 g/mol. The number of hydrogen-bond donors (Lipinski definition) is 3. The highest BCUT2D eigenvalue weighted by Gasteiger charge is 2.23. The van der Waals surface area contributed by atoms with Gasteiger partial charge < -0.3 is 34.0 Å². The third-order valence-electron chi connectivity index (χ3n) is 8.53. The molecule has 52 heavy (non-hydrogen) atoms. The lowest BCUT2D eigenvalue weighted by atomic mass is 10.1. The molecule has 0 aliphatic carbocycles. The molecule has 0 aromatic rings. The number of phosphoric acid groups is 1. The Kier molecular flexibility index (Phi) is 32.5. The van der Waals surface area contributed by atoms with Crippen molar-refractivity contribution < 1.29 is 38.0 Å². The lowest BCUT2D eigenvalue weighted by molar-refractivity contribution is -0.870. The Morgan fingerprint density at radius 3 is 1.85 bits per heavy atom. The Bertz CT molecular complexity index is 1050. The van der Waals surface area contributed by atoms with E-state index in [-0.39, 0.29) is 25.0 Å². The van der Waals surface area contributed by atoms with E-state index in [4.69, 9.17) is 9.05 Å². The van der Waals surface area contributed by atoms with E-state index in [0.29, 0.717) is 23.9 Å². The van der Waals surface area contributed by atoms with Gasteiger partial charge in [-0.25, -0.2) is 0 Å². The number of carbonyl (C=O) groups excluding carboxylic acids is 1. The third kappa shape index (κ3) is 35.2. The first-order valence-corrected chi connectivity index (χ1v) is 21.7. The summed E-state index contributed by atoms with van der Waals surface area (Å²) in [6.45, 7) is 4.36. The van der Waals surface area contributed by atoms with Gasteiger partial charge in [-0.1, -0.05) is 139 Å². The number of nitrogens with one attached hydrogen (secondary N) is 1. The smallest absolute Gasteiger partial charge is 0.268 e. The van der Waals surface area contributed by atoms with Crippen LogP contribution in [-0.4, -0.2) is 79.8 Å².